The van der Waals surface area contributed by atoms with E-state index < -0.39 is 0 Å². The molecule has 0 atom stereocenters. The number of nitrogens with zero attached hydrogens (tertiary/aromatic N) is 2. The molecule has 9 aromatic rings. The number of unbranched alkanes of at least 4 members (excludes halogenated alkanes) is 1. The van der Waals surface area contributed by atoms with Crippen LogP contribution < -0.4 is 10.9 Å². The standard InChI is InChI=1S/C41H29BN2/c1-3-4-10-24-20-32-30-19-23(2)17-18-35(30)44-39(32)33(21-24)31-22-29(25-11-6-5-7-12-25)36-28-15-8-13-26-27-14-9-16-34-40(27)43(38(26)28)41(36)37(31)42(34)44/h5-9,11-22H,3-4,10H2,1-2H3. The molecule has 0 fully saturated rings. The van der Waals surface area contributed by atoms with E-state index in [0.29, 0.717) is 0 Å². The average Bonchev–Trinajstić information content (AvgIpc) is 3.70. The molecule has 0 aliphatic carbocycles. The number of fused-ring (bicyclic) bond motifs is 8. The number of hydrogen-bond donors (Lipinski definition) is 0. The van der Waals surface area contributed by atoms with Gasteiger partial charge in [0.25, 0.3) is 0 Å². The molecule has 6 aromatic carbocycles. The third-order valence-corrected chi connectivity index (χ3v) is 10.8. The maximum Gasteiger partial charge on any atom is 0.333 e. The van der Waals surface area contributed by atoms with Gasteiger partial charge in [-0.05, 0) is 83.3 Å². The predicted molar refractivity (Wildman–Crippen MR) is 189 cm³/mol. The Morgan fingerprint density at radius 1 is 0.614 bits per heavy atom. The van der Waals surface area contributed by atoms with Crippen molar-refractivity contribution in [3.63, 3.8) is 0 Å². The van der Waals surface area contributed by atoms with Crippen LogP contribution in [0, 0.1) is 6.92 Å². The molecule has 2 nitrogen and oxygen atoms in total. The third kappa shape index (κ3) is 2.59. The number of benzene rings is 6. The van der Waals surface area contributed by atoms with Crippen LogP contribution in [-0.4, -0.2) is 15.7 Å². The largest absolute Gasteiger partial charge is 0.375 e. The normalized spacial score (nSPS) is 13.5. The van der Waals surface area contributed by atoms with E-state index in [-0.39, 0.29) is 6.85 Å². The second-order valence-electron chi connectivity index (χ2n) is 13.2. The average molecular weight is 561 g/mol. The van der Waals surface area contributed by atoms with Crippen LogP contribution in [0.15, 0.2) is 103 Å². The van der Waals surface area contributed by atoms with Crippen LogP contribution >= 0.6 is 0 Å². The zero-order chi connectivity index (χ0) is 28.8. The Bertz CT molecular complexity index is 2710. The highest BCUT2D eigenvalue weighted by atomic mass is 15.0. The molecule has 0 amide bonds. The Morgan fingerprint density at radius 2 is 1.43 bits per heavy atom. The van der Waals surface area contributed by atoms with E-state index in [1.54, 1.807) is 0 Å². The monoisotopic (exact) mass is 560 g/mol. The fraction of sp³-hybridized carbons (Fsp3) is 0.122. The molecule has 2 aliphatic heterocycles. The van der Waals surface area contributed by atoms with E-state index in [0.717, 1.165) is 6.42 Å². The quantitative estimate of drug-likeness (QED) is 0.190. The molecule has 0 radical (unpaired) electrons. The smallest absolute Gasteiger partial charge is 0.333 e. The van der Waals surface area contributed by atoms with Crippen molar-refractivity contribution in [2.75, 3.05) is 0 Å². The Labute approximate surface area is 255 Å². The van der Waals surface area contributed by atoms with Crippen molar-refractivity contribution in [2.24, 2.45) is 0 Å². The zero-order valence-corrected chi connectivity index (χ0v) is 24.9. The lowest BCUT2D eigenvalue weighted by Crippen LogP contribution is -2.53. The Morgan fingerprint density at radius 3 is 2.30 bits per heavy atom. The van der Waals surface area contributed by atoms with Gasteiger partial charge in [-0.3, -0.25) is 0 Å². The minimum Gasteiger partial charge on any atom is -0.375 e. The summed E-state index contributed by atoms with van der Waals surface area (Å²) in [6.07, 6.45) is 3.52. The van der Waals surface area contributed by atoms with Gasteiger partial charge in [-0.25, -0.2) is 0 Å². The summed E-state index contributed by atoms with van der Waals surface area (Å²) in [6.45, 7) is 4.65. The van der Waals surface area contributed by atoms with E-state index in [1.807, 2.05) is 0 Å². The summed E-state index contributed by atoms with van der Waals surface area (Å²) < 4.78 is 5.35. The fourth-order valence-corrected chi connectivity index (χ4v) is 9.10. The summed E-state index contributed by atoms with van der Waals surface area (Å²) in [5.41, 5.74) is 18.0. The van der Waals surface area contributed by atoms with Crippen molar-refractivity contribution in [1.82, 2.24) is 8.88 Å². The van der Waals surface area contributed by atoms with Crippen molar-refractivity contribution in [2.45, 2.75) is 33.1 Å². The lowest BCUT2D eigenvalue weighted by atomic mass is 9.46. The van der Waals surface area contributed by atoms with Crippen LogP contribution in [0.5, 0.6) is 0 Å². The van der Waals surface area contributed by atoms with Crippen LogP contribution in [-0.2, 0) is 6.42 Å². The zero-order valence-electron chi connectivity index (χ0n) is 24.9. The van der Waals surface area contributed by atoms with Crippen LogP contribution in [0.4, 0.5) is 0 Å². The molecule has 206 valence electrons. The van der Waals surface area contributed by atoms with E-state index in [2.05, 4.69) is 126 Å². The second kappa shape index (κ2) is 7.92. The molecule has 2 aliphatic rings. The molecule has 11 rings (SSSR count). The van der Waals surface area contributed by atoms with Gasteiger partial charge in [-0.15, -0.1) is 0 Å². The molecular formula is C41H29BN2. The molecule has 3 aromatic heterocycles. The molecule has 0 bridgehead atoms. The molecule has 44 heavy (non-hydrogen) atoms. The van der Waals surface area contributed by atoms with Gasteiger partial charge in [0.05, 0.1) is 16.6 Å². The minimum atomic E-state index is 0.120. The highest BCUT2D eigenvalue weighted by Crippen LogP contribution is 2.48. The molecule has 0 spiro atoms. The first-order valence-corrected chi connectivity index (χ1v) is 16.1. The lowest BCUT2D eigenvalue weighted by Gasteiger charge is -2.32. The van der Waals surface area contributed by atoms with E-state index >= 15 is 0 Å². The van der Waals surface area contributed by atoms with Gasteiger partial charge >= 0.3 is 6.85 Å². The van der Waals surface area contributed by atoms with Gasteiger partial charge in [0.1, 0.15) is 0 Å². The van der Waals surface area contributed by atoms with E-state index in [9.17, 15) is 0 Å². The van der Waals surface area contributed by atoms with Gasteiger partial charge in [-0.2, -0.15) is 0 Å². The highest BCUT2D eigenvalue weighted by molar-refractivity contribution is 6.91. The van der Waals surface area contributed by atoms with Gasteiger partial charge in [0.15, 0.2) is 0 Å². The van der Waals surface area contributed by atoms with Gasteiger partial charge in [0, 0.05) is 48.9 Å². The molecule has 0 N–H and O–H groups in total. The Kier molecular flexibility index (Phi) is 4.22. The lowest BCUT2D eigenvalue weighted by molar-refractivity contribution is 0.796. The minimum absolute atomic E-state index is 0.120. The number of rotatable bonds is 4. The SMILES string of the molecule is CCCCc1cc2c3c(c1)c1cc(C)ccc1n3B1c3cccc4c5cccc6c7c(-c8ccccc8)cc-2c1c7n(c34)c56. The van der Waals surface area contributed by atoms with Crippen molar-refractivity contribution >= 4 is 77.7 Å². The molecule has 5 heterocycles. The Hall–Kier alpha value is -5.02. The third-order valence-electron chi connectivity index (χ3n) is 10.8. The summed E-state index contributed by atoms with van der Waals surface area (Å²) in [4.78, 5) is 0. The number of para-hydroxylation sites is 2. The summed E-state index contributed by atoms with van der Waals surface area (Å²) >= 11 is 0. The maximum atomic E-state index is 2.71. The van der Waals surface area contributed by atoms with Crippen molar-refractivity contribution < 1.29 is 0 Å². The van der Waals surface area contributed by atoms with Gasteiger partial charge in [-0.1, -0.05) is 91.7 Å². The topological polar surface area (TPSA) is 9.34 Å². The van der Waals surface area contributed by atoms with Gasteiger partial charge in [0.2, 0.25) is 0 Å². The molecule has 0 saturated carbocycles. The molecule has 3 heteroatoms. The van der Waals surface area contributed by atoms with Crippen LogP contribution in [0.3, 0.4) is 0 Å². The maximum absolute atomic E-state index is 2.71. The second-order valence-corrected chi connectivity index (χ2v) is 13.2. The summed E-state index contributed by atoms with van der Waals surface area (Å²) in [5, 5.41) is 8.27. The van der Waals surface area contributed by atoms with Crippen LogP contribution in [0.1, 0.15) is 30.9 Å². The first-order chi connectivity index (χ1) is 21.7. The van der Waals surface area contributed by atoms with Crippen LogP contribution in [0.25, 0.3) is 82.2 Å². The Balaban J connectivity index is 1.44. The van der Waals surface area contributed by atoms with E-state index in [4.69, 9.17) is 0 Å². The number of aryl methyl sites for hydroxylation is 2. The molecule has 0 saturated heterocycles. The summed E-state index contributed by atoms with van der Waals surface area (Å²) in [7, 11) is 0. The fourth-order valence-electron chi connectivity index (χ4n) is 9.10. The molecular weight excluding hydrogens is 531 g/mol. The van der Waals surface area contributed by atoms with Crippen LogP contribution in [0.2, 0.25) is 0 Å². The summed E-state index contributed by atoms with van der Waals surface area (Å²) in [5.74, 6) is 0. The van der Waals surface area contributed by atoms with Crippen molar-refractivity contribution in [3.8, 4) is 22.3 Å². The van der Waals surface area contributed by atoms with Crippen molar-refractivity contribution in [1.29, 1.82) is 0 Å². The first kappa shape index (κ1) is 23.4. The first-order valence-electron chi connectivity index (χ1n) is 16.1. The van der Waals surface area contributed by atoms with Crippen molar-refractivity contribution in [3.05, 3.63) is 114 Å². The van der Waals surface area contributed by atoms with Gasteiger partial charge < -0.3 is 8.88 Å². The predicted octanol–water partition coefficient (Wildman–Crippen LogP) is 9.21. The molecule has 0 unspecified atom stereocenters. The highest BCUT2D eigenvalue weighted by Gasteiger charge is 2.42. The van der Waals surface area contributed by atoms with E-state index in [1.165, 1.54) is 117 Å². The number of aromatic nitrogens is 2. The summed E-state index contributed by atoms with van der Waals surface area (Å²) in [6, 6.07) is 39.7. The number of hydrogen-bond acceptors (Lipinski definition) is 0.